The molecule has 1 N–H and O–H groups in total. The second-order valence-electron chi connectivity index (χ2n) is 4.26. The predicted molar refractivity (Wildman–Crippen MR) is 80.4 cm³/mol. The maximum absolute atomic E-state index is 11.5. The molecule has 0 unspecified atom stereocenters. The van der Waals surface area contributed by atoms with Crippen LogP contribution in [0.2, 0.25) is 0 Å². The second-order valence-corrected chi connectivity index (χ2v) is 4.26. The molecule has 1 aliphatic heterocycles. The molecule has 0 spiro atoms. The van der Waals surface area contributed by atoms with Crippen LogP contribution in [-0.2, 0) is 6.61 Å². The van der Waals surface area contributed by atoms with Gasteiger partial charge in [0.2, 0.25) is 0 Å². The van der Waals surface area contributed by atoms with Crippen LogP contribution in [0.4, 0.5) is 0 Å². The maximum atomic E-state index is 11.5. The lowest BCUT2D eigenvalue weighted by atomic mass is 10.1. The van der Waals surface area contributed by atoms with Crippen LogP contribution in [0.1, 0.15) is 40.1 Å². The molecule has 4 nitrogen and oxygen atoms in total. The summed E-state index contributed by atoms with van der Waals surface area (Å²) in [6.07, 6.45) is 0. The first-order chi connectivity index (χ1) is 10.2. The number of fused-ring (bicyclic) bond motifs is 1. The molecular weight excluding hydrogens is 266 g/mol. The fourth-order valence-corrected chi connectivity index (χ4v) is 1.98. The highest BCUT2D eigenvalue weighted by Crippen LogP contribution is 2.22. The van der Waals surface area contributed by atoms with Gasteiger partial charge in [-0.3, -0.25) is 14.9 Å². The molecule has 0 aliphatic carbocycles. The zero-order valence-electron chi connectivity index (χ0n) is 12.1. The lowest BCUT2D eigenvalue weighted by Crippen LogP contribution is -2.19. The first kappa shape index (κ1) is 14.8. The highest BCUT2D eigenvalue weighted by molar-refractivity contribution is 6.21. The molecule has 1 heterocycles. The smallest absolute Gasteiger partial charge is 0.259 e. The molecular formula is C17H17NO3. The average molecular weight is 283 g/mol. The number of hydrogen-bond donors (Lipinski definition) is 1. The number of benzene rings is 2. The molecule has 21 heavy (non-hydrogen) atoms. The Kier molecular flexibility index (Phi) is 4.72. The molecule has 108 valence electrons. The summed E-state index contributed by atoms with van der Waals surface area (Å²) in [5.74, 6) is -0.146. The van der Waals surface area contributed by atoms with Crippen molar-refractivity contribution in [3.63, 3.8) is 0 Å². The van der Waals surface area contributed by atoms with Gasteiger partial charge in [0, 0.05) is 0 Å². The Balaban J connectivity index is 0.000000774. The fraction of sp³-hybridized carbons (Fsp3) is 0.176. The summed E-state index contributed by atoms with van der Waals surface area (Å²) < 4.78 is 5.61. The van der Waals surface area contributed by atoms with Crippen LogP contribution < -0.4 is 10.1 Å². The van der Waals surface area contributed by atoms with Gasteiger partial charge in [-0.05, 0) is 23.8 Å². The van der Waals surface area contributed by atoms with E-state index in [-0.39, 0.29) is 11.8 Å². The molecule has 1 aliphatic rings. The van der Waals surface area contributed by atoms with Gasteiger partial charge in [0.05, 0.1) is 11.1 Å². The van der Waals surface area contributed by atoms with Gasteiger partial charge in [0.15, 0.2) is 0 Å². The van der Waals surface area contributed by atoms with Crippen molar-refractivity contribution in [2.45, 2.75) is 20.5 Å². The van der Waals surface area contributed by atoms with Gasteiger partial charge < -0.3 is 4.74 Å². The molecule has 0 radical (unpaired) electrons. The third-order valence-electron chi connectivity index (χ3n) is 2.96. The lowest BCUT2D eigenvalue weighted by molar-refractivity contribution is 0.0879. The van der Waals surface area contributed by atoms with Crippen LogP contribution in [-0.4, -0.2) is 11.8 Å². The quantitative estimate of drug-likeness (QED) is 0.880. The Hall–Kier alpha value is -2.62. The molecule has 0 saturated carbocycles. The van der Waals surface area contributed by atoms with Gasteiger partial charge in [0.1, 0.15) is 12.4 Å². The van der Waals surface area contributed by atoms with Crippen LogP contribution in [0.5, 0.6) is 5.75 Å². The van der Waals surface area contributed by atoms with Crippen LogP contribution in [0.15, 0.2) is 48.5 Å². The monoisotopic (exact) mass is 283 g/mol. The maximum Gasteiger partial charge on any atom is 0.259 e. The number of amides is 2. The van der Waals surface area contributed by atoms with Crippen LogP contribution in [0, 0.1) is 0 Å². The summed E-state index contributed by atoms with van der Waals surface area (Å²) in [6.45, 7) is 4.43. The average Bonchev–Trinajstić information content (AvgIpc) is 2.83. The number of rotatable bonds is 3. The Morgan fingerprint density at radius 1 is 0.905 bits per heavy atom. The zero-order valence-corrected chi connectivity index (χ0v) is 12.1. The van der Waals surface area contributed by atoms with Crippen molar-refractivity contribution in [1.82, 2.24) is 5.32 Å². The summed E-state index contributed by atoms with van der Waals surface area (Å²) >= 11 is 0. The van der Waals surface area contributed by atoms with Crippen molar-refractivity contribution in [2.24, 2.45) is 0 Å². The molecule has 0 saturated heterocycles. The molecule has 0 atom stereocenters. The Morgan fingerprint density at radius 3 is 2.29 bits per heavy atom. The van der Waals surface area contributed by atoms with E-state index in [0.29, 0.717) is 23.5 Å². The van der Waals surface area contributed by atoms with Crippen LogP contribution in [0.3, 0.4) is 0 Å². The number of imide groups is 1. The van der Waals surface area contributed by atoms with Crippen LogP contribution in [0.25, 0.3) is 0 Å². The highest BCUT2D eigenvalue weighted by Gasteiger charge is 2.26. The standard InChI is InChI=1S/C15H11NO3.C2H6/c17-14-12-7-6-11(8-13(12)15(18)16-14)19-9-10-4-2-1-3-5-10;1-2/h1-8H,9H2,(H,16,17,18);1-2H3. The number of hydrogen-bond acceptors (Lipinski definition) is 3. The molecule has 0 fully saturated rings. The Labute approximate surface area is 123 Å². The number of ether oxygens (including phenoxy) is 1. The minimum absolute atomic E-state index is 0.352. The normalized spacial score (nSPS) is 12.1. The van der Waals surface area contributed by atoms with Crippen molar-refractivity contribution >= 4 is 11.8 Å². The largest absolute Gasteiger partial charge is 0.489 e. The Bertz CT molecular complexity index is 650. The minimum atomic E-state index is -0.370. The molecule has 2 aromatic carbocycles. The van der Waals surface area contributed by atoms with E-state index in [1.165, 1.54) is 0 Å². The molecule has 0 bridgehead atoms. The highest BCUT2D eigenvalue weighted by atomic mass is 16.5. The van der Waals surface area contributed by atoms with Crippen molar-refractivity contribution in [2.75, 3.05) is 0 Å². The third-order valence-corrected chi connectivity index (χ3v) is 2.96. The van der Waals surface area contributed by atoms with E-state index in [1.807, 2.05) is 44.2 Å². The van der Waals surface area contributed by atoms with Gasteiger partial charge in [-0.25, -0.2) is 0 Å². The summed E-state index contributed by atoms with van der Waals surface area (Å²) in [5, 5.41) is 2.25. The van der Waals surface area contributed by atoms with Gasteiger partial charge in [-0.15, -0.1) is 0 Å². The molecule has 3 rings (SSSR count). The zero-order chi connectivity index (χ0) is 15.2. The molecule has 4 heteroatoms. The topological polar surface area (TPSA) is 55.4 Å². The predicted octanol–water partition coefficient (Wildman–Crippen LogP) is 3.18. The van der Waals surface area contributed by atoms with E-state index in [0.717, 1.165) is 5.56 Å². The molecule has 2 aromatic rings. The first-order valence-electron chi connectivity index (χ1n) is 6.90. The SMILES string of the molecule is CC.O=C1NC(=O)c2cc(OCc3ccccc3)ccc21. The van der Waals surface area contributed by atoms with E-state index >= 15 is 0 Å². The van der Waals surface area contributed by atoms with Crippen molar-refractivity contribution in [1.29, 1.82) is 0 Å². The van der Waals surface area contributed by atoms with Crippen molar-refractivity contribution in [3.8, 4) is 5.75 Å². The van der Waals surface area contributed by atoms with Crippen molar-refractivity contribution < 1.29 is 14.3 Å². The third kappa shape index (κ3) is 3.28. The van der Waals surface area contributed by atoms with Gasteiger partial charge >= 0.3 is 0 Å². The summed E-state index contributed by atoms with van der Waals surface area (Å²) in [7, 11) is 0. The minimum Gasteiger partial charge on any atom is -0.489 e. The summed E-state index contributed by atoms with van der Waals surface area (Å²) in [4.78, 5) is 22.9. The van der Waals surface area contributed by atoms with E-state index < -0.39 is 0 Å². The number of carbonyl (C=O) groups is 2. The van der Waals surface area contributed by atoms with E-state index in [2.05, 4.69) is 5.32 Å². The van der Waals surface area contributed by atoms with E-state index in [9.17, 15) is 9.59 Å². The van der Waals surface area contributed by atoms with Crippen molar-refractivity contribution in [3.05, 3.63) is 65.2 Å². The number of carbonyl (C=O) groups excluding carboxylic acids is 2. The number of nitrogens with one attached hydrogen (secondary N) is 1. The summed E-state index contributed by atoms with van der Waals surface area (Å²) in [6, 6.07) is 14.6. The molecule has 2 amide bonds. The van der Waals surface area contributed by atoms with Gasteiger partial charge in [-0.1, -0.05) is 44.2 Å². The fourth-order valence-electron chi connectivity index (χ4n) is 1.98. The van der Waals surface area contributed by atoms with Gasteiger partial charge in [-0.2, -0.15) is 0 Å². The molecule has 0 aromatic heterocycles. The van der Waals surface area contributed by atoms with Gasteiger partial charge in [0.25, 0.3) is 11.8 Å². The first-order valence-corrected chi connectivity index (χ1v) is 6.90. The van der Waals surface area contributed by atoms with E-state index in [4.69, 9.17) is 4.74 Å². The van der Waals surface area contributed by atoms with Crippen LogP contribution >= 0.6 is 0 Å². The Morgan fingerprint density at radius 2 is 1.57 bits per heavy atom. The lowest BCUT2D eigenvalue weighted by Gasteiger charge is -2.06. The van der Waals surface area contributed by atoms with E-state index in [1.54, 1.807) is 18.2 Å². The second kappa shape index (κ2) is 6.70. The summed E-state index contributed by atoms with van der Waals surface area (Å²) in [5.41, 5.74) is 1.82.